The summed E-state index contributed by atoms with van der Waals surface area (Å²) in [6.45, 7) is 2.75. The normalized spacial score (nSPS) is 13.8. The first kappa shape index (κ1) is 7.76. The molecule has 64 valence electrons. The highest BCUT2D eigenvalue weighted by Gasteiger charge is 2.08. The second-order valence-electron chi connectivity index (χ2n) is 2.90. The summed E-state index contributed by atoms with van der Waals surface area (Å²) in [5.41, 5.74) is 6.64. The average Bonchev–Trinajstić information content (AvgIpc) is 2.60. The van der Waals surface area contributed by atoms with E-state index in [1.807, 2.05) is 22.2 Å². The average molecular weight is 181 g/mol. The number of rotatable bonds is 2. The molecule has 3 nitrogen and oxygen atoms in total. The van der Waals surface area contributed by atoms with Crippen LogP contribution in [-0.4, -0.2) is 15.9 Å². The van der Waals surface area contributed by atoms with Gasteiger partial charge in [0, 0.05) is 30.2 Å². The SMILES string of the molecule is CC(CN)c1cn2ccsc2n1. The van der Waals surface area contributed by atoms with Gasteiger partial charge >= 0.3 is 0 Å². The lowest BCUT2D eigenvalue weighted by Crippen LogP contribution is -2.08. The van der Waals surface area contributed by atoms with Crippen LogP contribution in [0.15, 0.2) is 17.8 Å². The molecule has 1 atom stereocenters. The van der Waals surface area contributed by atoms with Gasteiger partial charge in [0.15, 0.2) is 4.96 Å². The van der Waals surface area contributed by atoms with Crippen molar-refractivity contribution in [3.8, 4) is 0 Å². The number of hydrogen-bond donors (Lipinski definition) is 1. The third-order valence-corrected chi connectivity index (χ3v) is 2.74. The molecule has 2 aromatic heterocycles. The Bertz CT molecular complexity index is 348. The second-order valence-corrected chi connectivity index (χ2v) is 3.77. The number of fused-ring (bicyclic) bond motifs is 1. The zero-order valence-corrected chi connectivity index (χ0v) is 7.71. The molecule has 0 amide bonds. The molecule has 12 heavy (non-hydrogen) atoms. The van der Waals surface area contributed by atoms with Crippen molar-refractivity contribution >= 4 is 16.3 Å². The van der Waals surface area contributed by atoms with Gasteiger partial charge in [-0.1, -0.05) is 6.92 Å². The van der Waals surface area contributed by atoms with Gasteiger partial charge in [0.2, 0.25) is 0 Å². The smallest absolute Gasteiger partial charge is 0.193 e. The minimum absolute atomic E-state index is 0.358. The molecule has 0 aliphatic heterocycles. The van der Waals surface area contributed by atoms with E-state index < -0.39 is 0 Å². The predicted molar refractivity (Wildman–Crippen MR) is 50.5 cm³/mol. The fourth-order valence-electron chi connectivity index (χ4n) is 1.10. The molecule has 4 heteroatoms. The first-order valence-electron chi connectivity index (χ1n) is 3.93. The molecule has 0 aliphatic carbocycles. The molecule has 0 aromatic carbocycles. The van der Waals surface area contributed by atoms with E-state index in [4.69, 9.17) is 5.73 Å². The number of hydrogen-bond acceptors (Lipinski definition) is 3. The van der Waals surface area contributed by atoms with Crippen molar-refractivity contribution < 1.29 is 0 Å². The summed E-state index contributed by atoms with van der Waals surface area (Å²) in [6.07, 6.45) is 4.06. The number of imidazole rings is 1. The van der Waals surface area contributed by atoms with E-state index >= 15 is 0 Å². The van der Waals surface area contributed by atoms with E-state index in [-0.39, 0.29) is 0 Å². The van der Waals surface area contributed by atoms with Crippen molar-refractivity contribution in [3.05, 3.63) is 23.5 Å². The minimum Gasteiger partial charge on any atom is -0.330 e. The molecular formula is C8H11N3S. The minimum atomic E-state index is 0.358. The summed E-state index contributed by atoms with van der Waals surface area (Å²) in [5.74, 6) is 0.358. The highest BCUT2D eigenvalue weighted by molar-refractivity contribution is 7.15. The van der Waals surface area contributed by atoms with Crippen molar-refractivity contribution in [1.29, 1.82) is 0 Å². The van der Waals surface area contributed by atoms with Crippen LogP contribution in [-0.2, 0) is 0 Å². The van der Waals surface area contributed by atoms with E-state index in [1.54, 1.807) is 11.3 Å². The molecule has 0 radical (unpaired) electrons. The van der Waals surface area contributed by atoms with Crippen molar-refractivity contribution in [2.24, 2.45) is 5.73 Å². The summed E-state index contributed by atoms with van der Waals surface area (Å²) in [7, 11) is 0. The third-order valence-electron chi connectivity index (χ3n) is 1.97. The fraction of sp³-hybridized carbons (Fsp3) is 0.375. The van der Waals surface area contributed by atoms with Gasteiger partial charge in [0.05, 0.1) is 5.69 Å². The summed E-state index contributed by atoms with van der Waals surface area (Å²) in [4.78, 5) is 5.49. The number of thiazole rings is 1. The van der Waals surface area contributed by atoms with Crippen molar-refractivity contribution in [1.82, 2.24) is 9.38 Å². The molecule has 2 aromatic rings. The first-order valence-corrected chi connectivity index (χ1v) is 4.81. The summed E-state index contributed by atoms with van der Waals surface area (Å²) in [6, 6.07) is 0. The van der Waals surface area contributed by atoms with E-state index in [9.17, 15) is 0 Å². The van der Waals surface area contributed by atoms with Crippen LogP contribution in [0.4, 0.5) is 0 Å². The Balaban J connectivity index is 2.44. The Hall–Kier alpha value is -0.870. The standard InChI is InChI=1S/C8H11N3S/c1-6(4-9)7-5-11-2-3-12-8(11)10-7/h2-3,5-6H,4,9H2,1H3. The number of nitrogens with zero attached hydrogens (tertiary/aromatic N) is 2. The van der Waals surface area contributed by atoms with Crippen LogP contribution in [0.1, 0.15) is 18.5 Å². The van der Waals surface area contributed by atoms with Crippen LogP contribution in [0.3, 0.4) is 0 Å². The zero-order valence-electron chi connectivity index (χ0n) is 6.90. The Kier molecular flexibility index (Phi) is 1.86. The largest absolute Gasteiger partial charge is 0.330 e. The van der Waals surface area contributed by atoms with Crippen LogP contribution in [0.2, 0.25) is 0 Å². The molecule has 0 saturated heterocycles. The van der Waals surface area contributed by atoms with E-state index in [1.165, 1.54) is 0 Å². The molecular weight excluding hydrogens is 170 g/mol. The molecule has 0 bridgehead atoms. The van der Waals surface area contributed by atoms with Crippen LogP contribution in [0.5, 0.6) is 0 Å². The zero-order chi connectivity index (χ0) is 8.55. The third kappa shape index (κ3) is 1.13. The molecule has 0 fully saturated rings. The maximum atomic E-state index is 5.55. The van der Waals surface area contributed by atoms with Gasteiger partial charge < -0.3 is 5.73 Å². The van der Waals surface area contributed by atoms with Crippen molar-refractivity contribution in [3.63, 3.8) is 0 Å². The topological polar surface area (TPSA) is 43.3 Å². The lowest BCUT2D eigenvalue weighted by molar-refractivity contribution is 0.752. The molecule has 0 aliphatic rings. The van der Waals surface area contributed by atoms with E-state index in [0.717, 1.165) is 10.7 Å². The molecule has 2 heterocycles. The summed E-state index contributed by atoms with van der Waals surface area (Å²) in [5, 5.41) is 2.03. The summed E-state index contributed by atoms with van der Waals surface area (Å²) < 4.78 is 2.03. The quantitative estimate of drug-likeness (QED) is 0.762. The van der Waals surface area contributed by atoms with Crippen molar-refractivity contribution in [2.45, 2.75) is 12.8 Å². The predicted octanol–water partition coefficient (Wildman–Crippen LogP) is 1.46. The Morgan fingerprint density at radius 3 is 3.25 bits per heavy atom. The second kappa shape index (κ2) is 2.88. The van der Waals surface area contributed by atoms with Crippen molar-refractivity contribution in [2.75, 3.05) is 6.54 Å². The van der Waals surface area contributed by atoms with Crippen LogP contribution in [0.25, 0.3) is 4.96 Å². The van der Waals surface area contributed by atoms with Crippen LogP contribution in [0, 0.1) is 0 Å². The highest BCUT2D eigenvalue weighted by Crippen LogP contribution is 2.16. The van der Waals surface area contributed by atoms with Gasteiger partial charge in [-0.15, -0.1) is 11.3 Å². The van der Waals surface area contributed by atoms with Gasteiger partial charge in [-0.2, -0.15) is 0 Å². The lowest BCUT2D eigenvalue weighted by Gasteiger charge is -2.01. The highest BCUT2D eigenvalue weighted by atomic mass is 32.1. The molecule has 2 N–H and O–H groups in total. The van der Waals surface area contributed by atoms with Gasteiger partial charge in [-0.3, -0.25) is 4.40 Å². The first-order chi connectivity index (χ1) is 5.81. The van der Waals surface area contributed by atoms with Crippen LogP contribution >= 0.6 is 11.3 Å². The fourth-order valence-corrected chi connectivity index (χ4v) is 1.81. The van der Waals surface area contributed by atoms with Crippen LogP contribution < -0.4 is 5.73 Å². The monoisotopic (exact) mass is 181 g/mol. The Morgan fingerprint density at radius 2 is 2.58 bits per heavy atom. The lowest BCUT2D eigenvalue weighted by atomic mass is 10.1. The molecule has 2 rings (SSSR count). The van der Waals surface area contributed by atoms with Gasteiger partial charge in [0.1, 0.15) is 0 Å². The van der Waals surface area contributed by atoms with Gasteiger partial charge in [0.25, 0.3) is 0 Å². The Morgan fingerprint density at radius 1 is 1.75 bits per heavy atom. The maximum Gasteiger partial charge on any atom is 0.193 e. The van der Waals surface area contributed by atoms with Gasteiger partial charge in [-0.25, -0.2) is 4.98 Å². The maximum absolute atomic E-state index is 5.55. The van der Waals surface area contributed by atoms with E-state index in [2.05, 4.69) is 11.9 Å². The summed E-state index contributed by atoms with van der Waals surface area (Å²) >= 11 is 1.65. The number of nitrogens with two attached hydrogens (primary N) is 1. The Labute approximate surface area is 74.8 Å². The number of aromatic nitrogens is 2. The molecule has 0 saturated carbocycles. The molecule has 1 unspecified atom stereocenters. The molecule has 0 spiro atoms. The van der Waals surface area contributed by atoms with E-state index in [0.29, 0.717) is 12.5 Å². The van der Waals surface area contributed by atoms with Gasteiger partial charge in [-0.05, 0) is 0 Å².